The minimum Gasteiger partial charge on any atom is -0.437 e. The molecule has 0 radical (unpaired) electrons. The first-order valence-corrected chi connectivity index (χ1v) is 6.13. The molecule has 3 rings (SSSR count). The van der Waals surface area contributed by atoms with E-state index in [1.807, 2.05) is 24.3 Å². The Bertz CT molecular complexity index is 719. The molecule has 0 aliphatic rings. The molecule has 0 atom stereocenters. The van der Waals surface area contributed by atoms with Crippen LogP contribution < -0.4 is 11.5 Å². The molecule has 5 heteroatoms. The lowest BCUT2D eigenvalue weighted by Gasteiger charge is -2.03. The predicted molar refractivity (Wildman–Crippen MR) is 76.0 cm³/mol. The summed E-state index contributed by atoms with van der Waals surface area (Å²) in [5, 5.41) is 0.810. The van der Waals surface area contributed by atoms with Gasteiger partial charge in [-0.2, -0.15) is 0 Å². The van der Waals surface area contributed by atoms with E-state index in [0.29, 0.717) is 11.3 Å². The number of nitrogens with two attached hydrogens (primary N) is 2. The van der Waals surface area contributed by atoms with E-state index in [2.05, 4.69) is 20.9 Å². The molecule has 0 saturated carbocycles. The highest BCUT2D eigenvalue weighted by molar-refractivity contribution is 9.10. The summed E-state index contributed by atoms with van der Waals surface area (Å²) in [6.07, 6.45) is 3.38. The fourth-order valence-corrected chi connectivity index (χ4v) is 2.21. The highest BCUT2D eigenvalue weighted by Crippen LogP contribution is 2.37. The van der Waals surface area contributed by atoms with Crippen molar-refractivity contribution in [2.24, 2.45) is 0 Å². The van der Waals surface area contributed by atoms with Crippen LogP contribution in [0.2, 0.25) is 0 Å². The number of furan rings is 1. The lowest BCUT2D eigenvalue weighted by Crippen LogP contribution is -1.90. The third kappa shape index (κ3) is 1.64. The molecule has 0 unspecified atom stereocenters. The Morgan fingerprint density at radius 3 is 2.50 bits per heavy atom. The van der Waals surface area contributed by atoms with Gasteiger partial charge in [0.05, 0.1) is 11.6 Å². The summed E-state index contributed by atoms with van der Waals surface area (Å²) in [5.74, 6) is 0.233. The molecular weight excluding hydrogens is 294 g/mol. The monoisotopic (exact) mass is 303 g/mol. The van der Waals surface area contributed by atoms with Gasteiger partial charge in [-0.05, 0) is 17.7 Å². The number of pyridine rings is 1. The van der Waals surface area contributed by atoms with Gasteiger partial charge in [0, 0.05) is 16.2 Å². The molecule has 0 aliphatic heterocycles. The van der Waals surface area contributed by atoms with Crippen molar-refractivity contribution >= 4 is 38.5 Å². The quantitative estimate of drug-likeness (QED) is 0.722. The summed E-state index contributed by atoms with van der Waals surface area (Å²) < 4.78 is 6.39. The lowest BCUT2D eigenvalue weighted by molar-refractivity contribution is 0.637. The van der Waals surface area contributed by atoms with Gasteiger partial charge in [-0.3, -0.25) is 4.98 Å². The second-order valence-electron chi connectivity index (χ2n) is 3.95. The van der Waals surface area contributed by atoms with Crippen LogP contribution >= 0.6 is 15.9 Å². The average Bonchev–Trinajstić information content (AvgIpc) is 2.66. The Morgan fingerprint density at radius 2 is 1.78 bits per heavy atom. The predicted octanol–water partition coefficient (Wildman–Crippen LogP) is 3.42. The molecule has 1 aromatic carbocycles. The van der Waals surface area contributed by atoms with Gasteiger partial charge in [0.1, 0.15) is 5.69 Å². The van der Waals surface area contributed by atoms with Gasteiger partial charge in [0.2, 0.25) is 5.88 Å². The minimum absolute atomic E-state index is 0.233. The number of anilines is 2. The number of halogens is 1. The SMILES string of the molecule is Nc1oc2cncc(-c3ccc(Br)cc3)c2c1N. The van der Waals surface area contributed by atoms with E-state index in [1.165, 1.54) is 0 Å². The van der Waals surface area contributed by atoms with Crippen LogP contribution in [0.5, 0.6) is 0 Å². The fraction of sp³-hybridized carbons (Fsp3) is 0. The summed E-state index contributed by atoms with van der Waals surface area (Å²) in [6, 6.07) is 7.91. The molecule has 2 heterocycles. The summed E-state index contributed by atoms with van der Waals surface area (Å²) in [7, 11) is 0. The van der Waals surface area contributed by atoms with Crippen molar-refractivity contribution in [3.05, 3.63) is 41.1 Å². The largest absolute Gasteiger partial charge is 0.437 e. The molecule has 0 spiro atoms. The Balaban J connectivity index is 2.32. The Kier molecular flexibility index (Phi) is 2.48. The minimum atomic E-state index is 0.233. The number of rotatable bonds is 1. The van der Waals surface area contributed by atoms with Crippen molar-refractivity contribution < 1.29 is 4.42 Å². The van der Waals surface area contributed by atoms with Gasteiger partial charge < -0.3 is 15.9 Å². The number of benzene rings is 1. The van der Waals surface area contributed by atoms with Crippen molar-refractivity contribution in [3.63, 3.8) is 0 Å². The fourth-order valence-electron chi connectivity index (χ4n) is 1.94. The van der Waals surface area contributed by atoms with Crippen LogP contribution in [0.25, 0.3) is 22.1 Å². The first kappa shape index (κ1) is 11.1. The number of nitrogens with zero attached hydrogens (tertiary/aromatic N) is 1. The van der Waals surface area contributed by atoms with E-state index < -0.39 is 0 Å². The molecule has 18 heavy (non-hydrogen) atoms. The maximum Gasteiger partial charge on any atom is 0.214 e. The zero-order chi connectivity index (χ0) is 12.7. The van der Waals surface area contributed by atoms with Crippen LogP contribution in [-0.4, -0.2) is 4.98 Å². The molecule has 4 N–H and O–H groups in total. The molecule has 0 fully saturated rings. The topological polar surface area (TPSA) is 78.1 Å². The van der Waals surface area contributed by atoms with Crippen LogP contribution in [0.1, 0.15) is 0 Å². The first-order valence-electron chi connectivity index (χ1n) is 5.34. The van der Waals surface area contributed by atoms with Gasteiger partial charge in [0.15, 0.2) is 5.58 Å². The Labute approximate surface area is 112 Å². The number of hydrogen-bond donors (Lipinski definition) is 2. The zero-order valence-corrected chi connectivity index (χ0v) is 10.9. The van der Waals surface area contributed by atoms with Crippen molar-refractivity contribution in [2.45, 2.75) is 0 Å². The molecule has 0 bridgehead atoms. The Hall–Kier alpha value is -2.01. The van der Waals surface area contributed by atoms with E-state index in [9.17, 15) is 0 Å². The van der Waals surface area contributed by atoms with Gasteiger partial charge in [-0.15, -0.1) is 0 Å². The van der Waals surface area contributed by atoms with Crippen LogP contribution in [-0.2, 0) is 0 Å². The number of fused-ring (bicyclic) bond motifs is 1. The van der Waals surface area contributed by atoms with Crippen molar-refractivity contribution in [1.82, 2.24) is 4.98 Å². The van der Waals surface area contributed by atoms with Crippen LogP contribution in [0.3, 0.4) is 0 Å². The number of hydrogen-bond acceptors (Lipinski definition) is 4. The van der Waals surface area contributed by atoms with Crippen LogP contribution in [0, 0.1) is 0 Å². The number of nitrogen functional groups attached to an aromatic ring is 2. The average molecular weight is 304 g/mol. The van der Waals surface area contributed by atoms with Gasteiger partial charge >= 0.3 is 0 Å². The van der Waals surface area contributed by atoms with E-state index >= 15 is 0 Å². The van der Waals surface area contributed by atoms with Crippen molar-refractivity contribution in [2.75, 3.05) is 11.5 Å². The van der Waals surface area contributed by atoms with Gasteiger partial charge in [0.25, 0.3) is 0 Å². The molecular formula is C13H10BrN3O. The van der Waals surface area contributed by atoms with Crippen LogP contribution in [0.4, 0.5) is 11.6 Å². The van der Waals surface area contributed by atoms with E-state index in [-0.39, 0.29) is 5.88 Å². The molecule has 0 aliphatic carbocycles. The maximum absolute atomic E-state index is 5.95. The van der Waals surface area contributed by atoms with Crippen LogP contribution in [0.15, 0.2) is 45.5 Å². The van der Waals surface area contributed by atoms with Crippen molar-refractivity contribution in [3.8, 4) is 11.1 Å². The third-order valence-corrected chi connectivity index (χ3v) is 3.35. The molecule has 4 nitrogen and oxygen atoms in total. The van der Waals surface area contributed by atoms with E-state index in [4.69, 9.17) is 15.9 Å². The summed E-state index contributed by atoms with van der Waals surface area (Å²) >= 11 is 3.41. The first-order chi connectivity index (χ1) is 8.66. The third-order valence-electron chi connectivity index (χ3n) is 2.82. The zero-order valence-electron chi connectivity index (χ0n) is 9.35. The molecule has 3 aromatic rings. The van der Waals surface area contributed by atoms with E-state index in [1.54, 1.807) is 12.4 Å². The standard InChI is InChI=1S/C13H10BrN3O/c14-8-3-1-7(2-4-8)9-5-17-6-10-11(9)12(15)13(16)18-10/h1-6H,15-16H2. The van der Waals surface area contributed by atoms with E-state index in [0.717, 1.165) is 21.0 Å². The molecule has 90 valence electrons. The van der Waals surface area contributed by atoms with Gasteiger partial charge in [-0.25, -0.2) is 0 Å². The second kappa shape index (κ2) is 4.03. The smallest absolute Gasteiger partial charge is 0.214 e. The molecule has 2 aromatic heterocycles. The highest BCUT2D eigenvalue weighted by atomic mass is 79.9. The molecule has 0 saturated heterocycles. The van der Waals surface area contributed by atoms with Gasteiger partial charge in [-0.1, -0.05) is 28.1 Å². The summed E-state index contributed by atoms with van der Waals surface area (Å²) in [6.45, 7) is 0. The maximum atomic E-state index is 5.95. The van der Waals surface area contributed by atoms with Crippen molar-refractivity contribution in [1.29, 1.82) is 0 Å². The normalized spacial score (nSPS) is 10.9. The lowest BCUT2D eigenvalue weighted by atomic mass is 10.0. The summed E-state index contributed by atoms with van der Waals surface area (Å²) in [4.78, 5) is 4.15. The summed E-state index contributed by atoms with van der Waals surface area (Å²) in [5.41, 5.74) is 14.6. The Morgan fingerprint density at radius 1 is 1.06 bits per heavy atom. The number of aromatic nitrogens is 1. The molecule has 0 amide bonds. The highest BCUT2D eigenvalue weighted by Gasteiger charge is 2.14. The second-order valence-corrected chi connectivity index (χ2v) is 4.86.